The molecule has 164 valence electrons. The van der Waals surface area contributed by atoms with Crippen LogP contribution in [0.3, 0.4) is 0 Å². The molecule has 1 heterocycles. The molecule has 4 rings (SSSR count). The van der Waals surface area contributed by atoms with E-state index in [1.54, 1.807) is 6.07 Å². The highest BCUT2D eigenvalue weighted by atomic mass is 19.4. The summed E-state index contributed by atoms with van der Waals surface area (Å²) in [5, 5.41) is 6.05. The van der Waals surface area contributed by atoms with Crippen LogP contribution >= 0.6 is 0 Å². The van der Waals surface area contributed by atoms with Crippen LogP contribution in [0.5, 0.6) is 0 Å². The van der Waals surface area contributed by atoms with Crippen LogP contribution < -0.4 is 5.32 Å². The number of alkyl halides is 3. The lowest BCUT2D eigenvalue weighted by atomic mass is 9.99. The molecule has 0 aromatic heterocycles. The van der Waals surface area contributed by atoms with Crippen molar-refractivity contribution in [3.8, 4) is 0 Å². The molecule has 1 aliphatic rings. The fourth-order valence-corrected chi connectivity index (χ4v) is 4.22. The van der Waals surface area contributed by atoms with E-state index in [0.29, 0.717) is 38.4 Å². The zero-order valence-electron chi connectivity index (χ0n) is 17.5. The number of ether oxygens (including phenoxy) is 1. The van der Waals surface area contributed by atoms with Crippen LogP contribution in [0, 0.1) is 0 Å². The molecule has 0 bridgehead atoms. The number of nitrogens with zero attached hydrogens (tertiary/aromatic N) is 1. The molecule has 0 spiro atoms. The van der Waals surface area contributed by atoms with Crippen molar-refractivity contribution in [2.45, 2.75) is 31.7 Å². The zero-order chi connectivity index (χ0) is 21.8. The van der Waals surface area contributed by atoms with Crippen molar-refractivity contribution in [2.24, 2.45) is 0 Å². The summed E-state index contributed by atoms with van der Waals surface area (Å²) in [4.78, 5) is 2.21. The Morgan fingerprint density at radius 2 is 1.84 bits per heavy atom. The Labute approximate surface area is 180 Å². The maximum atomic E-state index is 13.1. The van der Waals surface area contributed by atoms with Crippen LogP contribution in [0.1, 0.15) is 29.7 Å². The molecule has 3 aromatic rings. The van der Waals surface area contributed by atoms with Gasteiger partial charge in [0.1, 0.15) is 0 Å². The van der Waals surface area contributed by atoms with Gasteiger partial charge in [-0.2, -0.15) is 13.2 Å². The van der Waals surface area contributed by atoms with Gasteiger partial charge in [0.25, 0.3) is 0 Å². The number of rotatable bonds is 6. The summed E-state index contributed by atoms with van der Waals surface area (Å²) in [6.45, 7) is 5.17. The normalized spacial score (nSPS) is 18.9. The highest BCUT2D eigenvalue weighted by Gasteiger charge is 2.31. The lowest BCUT2D eigenvalue weighted by molar-refractivity contribution is -0.137. The third-order valence-electron chi connectivity index (χ3n) is 5.94. The molecule has 3 aromatic carbocycles. The third-order valence-corrected chi connectivity index (χ3v) is 5.94. The highest BCUT2D eigenvalue weighted by molar-refractivity contribution is 5.86. The Hall–Kier alpha value is -2.41. The summed E-state index contributed by atoms with van der Waals surface area (Å²) in [6.07, 6.45) is -4.32. The summed E-state index contributed by atoms with van der Waals surface area (Å²) >= 11 is 0. The lowest BCUT2D eigenvalue weighted by Gasteiger charge is -2.36. The Kier molecular flexibility index (Phi) is 6.60. The van der Waals surface area contributed by atoms with Gasteiger partial charge in [0.15, 0.2) is 0 Å². The van der Waals surface area contributed by atoms with Gasteiger partial charge in [0.05, 0.1) is 18.8 Å². The fraction of sp³-hybridized carbons (Fsp3) is 0.360. The van der Waals surface area contributed by atoms with Gasteiger partial charge >= 0.3 is 6.18 Å². The Morgan fingerprint density at radius 3 is 2.68 bits per heavy atom. The van der Waals surface area contributed by atoms with Crippen molar-refractivity contribution in [3.63, 3.8) is 0 Å². The number of hydrogen-bond acceptors (Lipinski definition) is 3. The molecule has 1 saturated heterocycles. The molecule has 0 radical (unpaired) electrons. The predicted molar refractivity (Wildman–Crippen MR) is 117 cm³/mol. The van der Waals surface area contributed by atoms with Gasteiger partial charge in [-0.15, -0.1) is 0 Å². The van der Waals surface area contributed by atoms with E-state index in [4.69, 9.17) is 4.74 Å². The van der Waals surface area contributed by atoms with Crippen molar-refractivity contribution in [3.05, 3.63) is 83.4 Å². The second-order valence-corrected chi connectivity index (χ2v) is 8.10. The smallest absolute Gasteiger partial charge is 0.378 e. The quantitative estimate of drug-likeness (QED) is 0.568. The average molecular weight is 428 g/mol. The first-order valence-corrected chi connectivity index (χ1v) is 10.6. The van der Waals surface area contributed by atoms with Crippen molar-refractivity contribution < 1.29 is 17.9 Å². The first kappa shape index (κ1) is 21.8. The van der Waals surface area contributed by atoms with Crippen LogP contribution in [0.2, 0.25) is 0 Å². The van der Waals surface area contributed by atoms with Crippen molar-refractivity contribution in [2.75, 3.05) is 26.3 Å². The second-order valence-electron chi connectivity index (χ2n) is 8.10. The maximum Gasteiger partial charge on any atom is 0.416 e. The summed E-state index contributed by atoms with van der Waals surface area (Å²) in [5.74, 6) is 0. The van der Waals surface area contributed by atoms with E-state index < -0.39 is 11.7 Å². The molecule has 3 nitrogen and oxygen atoms in total. The molecule has 0 amide bonds. The maximum absolute atomic E-state index is 13.1. The predicted octanol–water partition coefficient (Wildman–Crippen LogP) is 5.41. The molecule has 6 heteroatoms. The van der Waals surface area contributed by atoms with Gasteiger partial charge < -0.3 is 10.1 Å². The van der Waals surface area contributed by atoms with E-state index in [1.807, 2.05) is 12.1 Å². The van der Waals surface area contributed by atoms with Crippen LogP contribution in [-0.2, 0) is 17.5 Å². The SMILES string of the molecule is C[C@@H](NCC1COCCN1Cc1cccc(C(F)(F)F)c1)c1cccc2ccccc12. The first-order valence-electron chi connectivity index (χ1n) is 10.6. The Balaban J connectivity index is 1.43. The van der Waals surface area contributed by atoms with Crippen LogP contribution in [0.15, 0.2) is 66.7 Å². The highest BCUT2D eigenvalue weighted by Crippen LogP contribution is 2.30. The zero-order valence-corrected chi connectivity index (χ0v) is 17.5. The van der Waals surface area contributed by atoms with Crippen molar-refractivity contribution in [1.29, 1.82) is 0 Å². The molecule has 0 aliphatic carbocycles. The lowest BCUT2D eigenvalue weighted by Crippen LogP contribution is -2.50. The van der Waals surface area contributed by atoms with Crippen molar-refractivity contribution >= 4 is 10.8 Å². The summed E-state index contributed by atoms with van der Waals surface area (Å²) in [6, 6.07) is 20.5. The summed E-state index contributed by atoms with van der Waals surface area (Å²) in [7, 11) is 0. The molecule has 2 atom stereocenters. The van der Waals surface area contributed by atoms with E-state index in [-0.39, 0.29) is 12.1 Å². The number of nitrogens with one attached hydrogen (secondary N) is 1. The van der Waals surface area contributed by atoms with Gasteiger partial charge in [-0.05, 0) is 34.9 Å². The number of halogens is 3. The molecular formula is C25H27F3N2O. The number of hydrogen-bond donors (Lipinski definition) is 1. The summed E-state index contributed by atoms with van der Waals surface area (Å²) < 4.78 is 44.9. The van der Waals surface area contributed by atoms with E-state index in [9.17, 15) is 13.2 Å². The van der Waals surface area contributed by atoms with Crippen LogP contribution in [-0.4, -0.2) is 37.2 Å². The largest absolute Gasteiger partial charge is 0.416 e. The third kappa shape index (κ3) is 5.26. The van der Waals surface area contributed by atoms with Gasteiger partial charge in [-0.25, -0.2) is 0 Å². The fourth-order valence-electron chi connectivity index (χ4n) is 4.22. The average Bonchev–Trinajstić information content (AvgIpc) is 2.77. The molecule has 1 unspecified atom stereocenters. The van der Waals surface area contributed by atoms with E-state index in [0.717, 1.165) is 6.07 Å². The Morgan fingerprint density at radius 1 is 1.06 bits per heavy atom. The molecule has 31 heavy (non-hydrogen) atoms. The topological polar surface area (TPSA) is 24.5 Å². The minimum Gasteiger partial charge on any atom is -0.378 e. The minimum absolute atomic E-state index is 0.0979. The van der Waals surface area contributed by atoms with E-state index >= 15 is 0 Å². The van der Waals surface area contributed by atoms with Gasteiger partial charge in [0, 0.05) is 31.7 Å². The Bertz CT molecular complexity index is 1020. The molecule has 1 N–H and O–H groups in total. The standard InChI is InChI=1S/C25H27F3N2O/c1-18(23-11-5-8-20-7-2-3-10-24(20)23)29-15-22-17-31-13-12-30(22)16-19-6-4-9-21(14-19)25(26,27)28/h2-11,14,18,22,29H,12-13,15-17H2,1H3/t18-,22?/m1/s1. The molecular weight excluding hydrogens is 401 g/mol. The minimum atomic E-state index is -4.32. The van der Waals surface area contributed by atoms with Gasteiger partial charge in [-0.3, -0.25) is 4.90 Å². The van der Waals surface area contributed by atoms with Gasteiger partial charge in [-0.1, -0.05) is 60.7 Å². The second kappa shape index (κ2) is 9.39. The monoisotopic (exact) mass is 428 g/mol. The number of fused-ring (bicyclic) bond motifs is 1. The van der Waals surface area contributed by atoms with E-state index in [1.165, 1.54) is 28.5 Å². The molecule has 1 aliphatic heterocycles. The van der Waals surface area contributed by atoms with Crippen LogP contribution in [0.25, 0.3) is 10.8 Å². The van der Waals surface area contributed by atoms with Crippen LogP contribution in [0.4, 0.5) is 13.2 Å². The first-order chi connectivity index (χ1) is 14.9. The molecule has 1 fully saturated rings. The summed E-state index contributed by atoms with van der Waals surface area (Å²) in [5.41, 5.74) is 1.31. The number of benzene rings is 3. The van der Waals surface area contributed by atoms with E-state index in [2.05, 4.69) is 47.5 Å². The van der Waals surface area contributed by atoms with Crippen molar-refractivity contribution in [1.82, 2.24) is 10.2 Å². The number of morpholine rings is 1. The molecule has 0 saturated carbocycles. The van der Waals surface area contributed by atoms with Gasteiger partial charge in [0.2, 0.25) is 0 Å².